The first-order valence-electron chi connectivity index (χ1n) is 11.2. The fourth-order valence-electron chi connectivity index (χ4n) is 6.04. The maximum absolute atomic E-state index is 13.4. The normalized spacial score (nSPS) is 30.2. The third kappa shape index (κ3) is 3.16. The van der Waals surface area contributed by atoms with Crippen LogP contribution in [0.1, 0.15) is 27.1 Å². The molecule has 6 atom stereocenters. The van der Waals surface area contributed by atoms with Crippen molar-refractivity contribution in [2.24, 2.45) is 35.5 Å². The van der Waals surface area contributed by atoms with Crippen molar-refractivity contribution in [2.75, 3.05) is 11.5 Å². The highest BCUT2D eigenvalue weighted by Crippen LogP contribution is 2.65. The van der Waals surface area contributed by atoms with Crippen molar-refractivity contribution in [3.05, 3.63) is 75.8 Å². The summed E-state index contributed by atoms with van der Waals surface area (Å²) in [5.41, 5.74) is 0.438. The second kappa shape index (κ2) is 7.79. The average Bonchev–Trinajstić information content (AvgIpc) is 3.60. The Bertz CT molecular complexity index is 1270. The molecule has 0 N–H and O–H groups in total. The zero-order chi connectivity index (χ0) is 23.7. The summed E-state index contributed by atoms with van der Waals surface area (Å²) in [4.78, 5) is 53.5. The minimum Gasteiger partial charge on any atom is -0.454 e. The molecular weight excluding hydrogens is 477 g/mol. The lowest BCUT2D eigenvalue weighted by Gasteiger charge is -2.37. The lowest BCUT2D eigenvalue weighted by molar-refractivity contribution is -0.124. The van der Waals surface area contributed by atoms with Gasteiger partial charge in [-0.25, -0.2) is 9.69 Å². The zero-order valence-electron chi connectivity index (χ0n) is 17.8. The van der Waals surface area contributed by atoms with Gasteiger partial charge in [0.15, 0.2) is 6.61 Å². The third-order valence-electron chi connectivity index (χ3n) is 7.59. The molecule has 2 aromatic rings. The van der Waals surface area contributed by atoms with Crippen molar-refractivity contribution in [3.63, 3.8) is 0 Å². The van der Waals surface area contributed by atoms with E-state index in [9.17, 15) is 19.2 Å². The number of ether oxygens (including phenoxy) is 1. The van der Waals surface area contributed by atoms with Gasteiger partial charge in [-0.05, 0) is 60.4 Å². The lowest BCUT2D eigenvalue weighted by atomic mass is 9.63. The molecule has 0 spiro atoms. The van der Waals surface area contributed by atoms with Crippen LogP contribution in [0.15, 0.2) is 54.6 Å². The predicted molar refractivity (Wildman–Crippen MR) is 125 cm³/mol. The van der Waals surface area contributed by atoms with Gasteiger partial charge in [-0.3, -0.25) is 14.4 Å². The van der Waals surface area contributed by atoms with E-state index in [0.29, 0.717) is 16.9 Å². The first-order chi connectivity index (χ1) is 16.4. The first kappa shape index (κ1) is 21.6. The number of para-hydroxylation sites is 1. The van der Waals surface area contributed by atoms with Gasteiger partial charge >= 0.3 is 5.97 Å². The summed E-state index contributed by atoms with van der Waals surface area (Å²) in [5, 5.41) is 0.542. The van der Waals surface area contributed by atoms with E-state index >= 15 is 0 Å². The Balaban J connectivity index is 1.24. The maximum atomic E-state index is 13.4. The molecule has 5 aliphatic rings. The molecule has 172 valence electrons. The number of anilines is 1. The number of imide groups is 1. The number of hydrogen-bond acceptors (Lipinski definition) is 5. The van der Waals surface area contributed by atoms with Gasteiger partial charge in [-0.2, -0.15) is 0 Å². The SMILES string of the molecule is O=C(COC(=O)c1ccccc1N1C(=O)[C@@H]2[C@H]3C=C[C@H]([C@H]4C[C@H]34)[C@@H]2C1=O)c1ccc(Cl)cc1Cl. The van der Waals surface area contributed by atoms with Crippen molar-refractivity contribution in [1.82, 2.24) is 0 Å². The van der Waals surface area contributed by atoms with Gasteiger partial charge in [0.1, 0.15) is 0 Å². The number of ketones is 1. The van der Waals surface area contributed by atoms with E-state index in [2.05, 4.69) is 12.2 Å². The largest absolute Gasteiger partial charge is 0.454 e. The van der Waals surface area contributed by atoms with E-state index in [0.717, 1.165) is 11.3 Å². The van der Waals surface area contributed by atoms with Crippen LogP contribution in [0.25, 0.3) is 0 Å². The second-order valence-electron chi connectivity index (χ2n) is 9.31. The van der Waals surface area contributed by atoms with Gasteiger partial charge in [-0.15, -0.1) is 0 Å². The lowest BCUT2D eigenvalue weighted by Crippen LogP contribution is -2.40. The quantitative estimate of drug-likeness (QED) is 0.262. The number of carbonyl (C=O) groups excluding carboxylic acids is 4. The third-order valence-corrected chi connectivity index (χ3v) is 8.14. The van der Waals surface area contributed by atoms with Crippen LogP contribution in [-0.2, 0) is 14.3 Å². The topological polar surface area (TPSA) is 80.8 Å². The monoisotopic (exact) mass is 495 g/mol. The van der Waals surface area contributed by atoms with Gasteiger partial charge < -0.3 is 4.74 Å². The van der Waals surface area contributed by atoms with Gasteiger partial charge in [0.25, 0.3) is 0 Å². The number of allylic oxidation sites excluding steroid dienone is 2. The highest BCUT2D eigenvalue weighted by molar-refractivity contribution is 6.37. The Hall–Kier alpha value is -2.96. The van der Waals surface area contributed by atoms with E-state index in [4.69, 9.17) is 27.9 Å². The van der Waals surface area contributed by atoms with Crippen molar-refractivity contribution in [1.29, 1.82) is 0 Å². The number of hydrogen-bond donors (Lipinski definition) is 0. The van der Waals surface area contributed by atoms with Crippen molar-refractivity contribution < 1.29 is 23.9 Å². The highest BCUT2D eigenvalue weighted by Gasteiger charge is 2.67. The van der Waals surface area contributed by atoms with E-state index in [1.165, 1.54) is 24.3 Å². The minimum atomic E-state index is -0.798. The van der Waals surface area contributed by atoms with Gasteiger partial charge in [0, 0.05) is 10.6 Å². The van der Waals surface area contributed by atoms with Gasteiger partial charge in [0.2, 0.25) is 17.6 Å². The summed E-state index contributed by atoms with van der Waals surface area (Å²) in [6.07, 6.45) is 5.27. The Morgan fingerprint density at radius 3 is 2.21 bits per heavy atom. The summed E-state index contributed by atoms with van der Waals surface area (Å²) in [7, 11) is 0. The number of rotatable bonds is 5. The van der Waals surface area contributed by atoms with Crippen LogP contribution in [0.4, 0.5) is 5.69 Å². The molecule has 0 aromatic heterocycles. The minimum absolute atomic E-state index is 0.0586. The standard InChI is InChI=1S/C26H19Cl2NO5/c27-12-5-6-15(19(28)9-12)21(30)11-34-26(33)16-3-1-2-4-20(16)29-24(31)22-13-7-8-14(18-10-17(13)18)23(22)25(29)32/h1-9,13-14,17-18,22-23H,10-11H2/t13-,14+,17-,18-,22+,23-/m1/s1. The molecule has 2 aromatic carbocycles. The number of Topliss-reactive ketones (excluding diaryl/α,β-unsaturated/α-hetero) is 1. The fraction of sp³-hybridized carbons (Fsp3) is 0.308. The van der Waals surface area contributed by atoms with Gasteiger partial charge in [-0.1, -0.05) is 47.5 Å². The zero-order valence-corrected chi connectivity index (χ0v) is 19.3. The predicted octanol–water partition coefficient (Wildman–Crippen LogP) is 4.59. The molecule has 1 saturated heterocycles. The molecule has 2 bridgehead atoms. The van der Waals surface area contributed by atoms with Crippen LogP contribution in [0.2, 0.25) is 10.0 Å². The van der Waals surface area contributed by atoms with E-state index in [1.54, 1.807) is 18.2 Å². The summed E-state index contributed by atoms with van der Waals surface area (Å²) in [6.45, 7) is -0.543. The number of esters is 1. The van der Waals surface area contributed by atoms with Crippen LogP contribution in [0, 0.1) is 35.5 Å². The smallest absolute Gasteiger partial charge is 0.340 e. The van der Waals surface area contributed by atoms with Crippen LogP contribution in [-0.4, -0.2) is 30.2 Å². The maximum Gasteiger partial charge on any atom is 0.340 e. The highest BCUT2D eigenvalue weighted by atomic mass is 35.5. The molecule has 1 heterocycles. The van der Waals surface area contributed by atoms with E-state index in [-0.39, 0.29) is 57.3 Å². The van der Waals surface area contributed by atoms with Crippen LogP contribution in [0.3, 0.4) is 0 Å². The number of carbonyl (C=O) groups is 4. The van der Waals surface area contributed by atoms with E-state index < -0.39 is 18.4 Å². The molecule has 1 aliphatic heterocycles. The molecule has 0 unspecified atom stereocenters. The van der Waals surface area contributed by atoms with Crippen LogP contribution >= 0.6 is 23.2 Å². The molecule has 4 aliphatic carbocycles. The molecule has 0 radical (unpaired) electrons. The van der Waals surface area contributed by atoms with Crippen LogP contribution < -0.4 is 4.90 Å². The molecule has 7 rings (SSSR count). The first-order valence-corrected chi connectivity index (χ1v) is 11.9. The summed E-state index contributed by atoms with van der Waals surface area (Å²) in [6, 6.07) is 10.8. The number of amides is 2. The fourth-order valence-corrected chi connectivity index (χ4v) is 6.55. The molecular formula is C26H19Cl2NO5. The van der Waals surface area contributed by atoms with Crippen molar-refractivity contribution in [2.45, 2.75) is 6.42 Å². The number of benzene rings is 2. The molecule has 2 saturated carbocycles. The Morgan fingerprint density at radius 2 is 1.56 bits per heavy atom. The average molecular weight is 496 g/mol. The Morgan fingerprint density at radius 1 is 0.912 bits per heavy atom. The molecule has 34 heavy (non-hydrogen) atoms. The Labute approximate surface area is 205 Å². The van der Waals surface area contributed by atoms with E-state index in [1.807, 2.05) is 0 Å². The molecule has 8 heteroatoms. The molecule has 6 nitrogen and oxygen atoms in total. The Kier molecular flexibility index (Phi) is 4.94. The number of halogens is 2. The summed E-state index contributed by atoms with van der Waals surface area (Å²) >= 11 is 11.9. The number of nitrogens with zero attached hydrogens (tertiary/aromatic N) is 1. The molecule has 3 fully saturated rings. The van der Waals surface area contributed by atoms with Gasteiger partial charge in [0.05, 0.1) is 28.1 Å². The van der Waals surface area contributed by atoms with Crippen molar-refractivity contribution >= 4 is 52.5 Å². The second-order valence-corrected chi connectivity index (χ2v) is 10.2. The summed E-state index contributed by atoms with van der Waals surface area (Å²) in [5.74, 6) is -1.41. The summed E-state index contributed by atoms with van der Waals surface area (Å²) < 4.78 is 5.26. The molecule has 2 amide bonds. The van der Waals surface area contributed by atoms with Crippen LogP contribution in [0.5, 0.6) is 0 Å². The van der Waals surface area contributed by atoms with Crippen molar-refractivity contribution in [3.8, 4) is 0 Å².